The van der Waals surface area contributed by atoms with Crippen molar-refractivity contribution in [3.63, 3.8) is 0 Å². The maximum absolute atomic E-state index is 13.1. The predicted molar refractivity (Wildman–Crippen MR) is 107 cm³/mol. The first-order valence-corrected chi connectivity index (χ1v) is 9.73. The Bertz CT molecular complexity index is 994. The van der Waals surface area contributed by atoms with Crippen LogP contribution in [0.15, 0.2) is 47.9 Å². The second-order valence-electron chi connectivity index (χ2n) is 5.59. The third-order valence-corrected chi connectivity index (χ3v) is 5.30. The standard InChI is InChI=1S/C19H16FN3O2S2/c1-12(24)21-10-15-6-7-17(27-15)16-11-26-19(22-16)23-18(25)8-5-13-3-2-4-14(20)9-13/h2-9,11H,10H2,1H3,(H,21,24)(H,22,23,25)/b8-5+. The number of carbonyl (C=O) groups excluding carboxylic acids is 2. The van der Waals surface area contributed by atoms with E-state index in [2.05, 4.69) is 15.6 Å². The number of aromatic nitrogens is 1. The number of rotatable bonds is 6. The van der Waals surface area contributed by atoms with E-state index in [-0.39, 0.29) is 17.6 Å². The minimum atomic E-state index is -0.351. The third-order valence-electron chi connectivity index (χ3n) is 3.44. The number of nitrogens with one attached hydrogen (secondary N) is 2. The molecule has 0 aliphatic carbocycles. The number of carbonyl (C=O) groups is 2. The molecular weight excluding hydrogens is 385 g/mol. The molecule has 138 valence electrons. The number of halogens is 1. The monoisotopic (exact) mass is 401 g/mol. The van der Waals surface area contributed by atoms with Crippen LogP contribution in [0, 0.1) is 5.82 Å². The van der Waals surface area contributed by atoms with Gasteiger partial charge in [-0.15, -0.1) is 22.7 Å². The molecule has 27 heavy (non-hydrogen) atoms. The SMILES string of the molecule is CC(=O)NCc1ccc(-c2csc(NC(=O)/C=C/c3cccc(F)c3)n2)s1. The van der Waals surface area contributed by atoms with Crippen molar-refractivity contribution in [3.8, 4) is 10.6 Å². The van der Waals surface area contributed by atoms with Gasteiger partial charge in [0.15, 0.2) is 5.13 Å². The normalized spacial score (nSPS) is 10.9. The smallest absolute Gasteiger partial charge is 0.250 e. The van der Waals surface area contributed by atoms with E-state index in [9.17, 15) is 14.0 Å². The van der Waals surface area contributed by atoms with Gasteiger partial charge in [-0.2, -0.15) is 0 Å². The fourth-order valence-corrected chi connectivity index (χ4v) is 3.89. The fraction of sp³-hybridized carbons (Fsp3) is 0.105. The first-order valence-electron chi connectivity index (χ1n) is 8.03. The van der Waals surface area contributed by atoms with Gasteiger partial charge < -0.3 is 5.32 Å². The van der Waals surface area contributed by atoms with Crippen molar-refractivity contribution in [2.45, 2.75) is 13.5 Å². The molecule has 3 aromatic rings. The summed E-state index contributed by atoms with van der Waals surface area (Å²) in [5.41, 5.74) is 1.37. The van der Waals surface area contributed by atoms with Crippen molar-refractivity contribution >= 4 is 45.7 Å². The van der Waals surface area contributed by atoms with Crippen LogP contribution in [0.3, 0.4) is 0 Å². The zero-order valence-corrected chi connectivity index (χ0v) is 16.0. The largest absolute Gasteiger partial charge is 0.351 e. The van der Waals surface area contributed by atoms with Crippen LogP contribution in [-0.4, -0.2) is 16.8 Å². The summed E-state index contributed by atoms with van der Waals surface area (Å²) < 4.78 is 13.1. The highest BCUT2D eigenvalue weighted by Crippen LogP contribution is 2.30. The molecule has 1 aromatic carbocycles. The highest BCUT2D eigenvalue weighted by molar-refractivity contribution is 7.17. The average Bonchev–Trinajstić information content (AvgIpc) is 3.27. The van der Waals surface area contributed by atoms with E-state index in [0.29, 0.717) is 17.2 Å². The second-order valence-corrected chi connectivity index (χ2v) is 7.62. The van der Waals surface area contributed by atoms with Crippen molar-refractivity contribution in [1.82, 2.24) is 10.3 Å². The predicted octanol–water partition coefficient (Wildman–Crippen LogP) is 4.30. The highest BCUT2D eigenvalue weighted by atomic mass is 32.1. The van der Waals surface area contributed by atoms with Crippen molar-refractivity contribution in [3.05, 3.63) is 64.1 Å². The lowest BCUT2D eigenvalue weighted by atomic mass is 10.2. The van der Waals surface area contributed by atoms with E-state index in [1.807, 2.05) is 17.5 Å². The molecule has 0 aliphatic heterocycles. The maximum Gasteiger partial charge on any atom is 0.250 e. The van der Waals surface area contributed by atoms with E-state index in [1.54, 1.807) is 18.2 Å². The summed E-state index contributed by atoms with van der Waals surface area (Å²) in [6.45, 7) is 1.96. The van der Waals surface area contributed by atoms with Crippen molar-refractivity contribution in [1.29, 1.82) is 0 Å². The zero-order chi connectivity index (χ0) is 19.2. The number of thiazole rings is 1. The molecule has 0 aliphatic rings. The van der Waals surface area contributed by atoms with Gasteiger partial charge in [0.1, 0.15) is 5.82 Å². The summed E-state index contributed by atoms with van der Waals surface area (Å²) in [5.74, 6) is -0.761. The van der Waals surface area contributed by atoms with E-state index in [1.165, 1.54) is 47.8 Å². The van der Waals surface area contributed by atoms with Crippen LogP contribution in [-0.2, 0) is 16.1 Å². The molecule has 0 saturated carbocycles. The van der Waals surface area contributed by atoms with Crippen molar-refractivity contribution < 1.29 is 14.0 Å². The number of thiophene rings is 1. The quantitative estimate of drug-likeness (QED) is 0.605. The van der Waals surface area contributed by atoms with Crippen LogP contribution in [0.1, 0.15) is 17.4 Å². The van der Waals surface area contributed by atoms with Gasteiger partial charge in [-0.25, -0.2) is 9.37 Å². The van der Waals surface area contributed by atoms with Crippen molar-refractivity contribution in [2.24, 2.45) is 0 Å². The lowest BCUT2D eigenvalue weighted by Gasteiger charge is -1.97. The van der Waals surface area contributed by atoms with Crippen molar-refractivity contribution in [2.75, 3.05) is 5.32 Å². The van der Waals surface area contributed by atoms with Gasteiger partial charge in [0, 0.05) is 23.3 Å². The Morgan fingerprint density at radius 1 is 1.26 bits per heavy atom. The first-order chi connectivity index (χ1) is 13.0. The molecule has 2 amide bonds. The number of hydrogen-bond donors (Lipinski definition) is 2. The molecule has 0 bridgehead atoms. The number of amides is 2. The van der Waals surface area contributed by atoms with Crippen LogP contribution < -0.4 is 10.6 Å². The Labute approximate surface area is 163 Å². The van der Waals surface area contributed by atoms with E-state index >= 15 is 0 Å². The molecule has 0 radical (unpaired) electrons. The summed E-state index contributed by atoms with van der Waals surface area (Å²) >= 11 is 2.86. The molecule has 2 heterocycles. The third kappa shape index (κ3) is 5.57. The summed E-state index contributed by atoms with van der Waals surface area (Å²) in [4.78, 5) is 29.4. The van der Waals surface area contributed by atoms with Gasteiger partial charge >= 0.3 is 0 Å². The molecule has 0 saturated heterocycles. The lowest BCUT2D eigenvalue weighted by Crippen LogP contribution is -2.17. The van der Waals surface area contributed by atoms with E-state index < -0.39 is 0 Å². The summed E-state index contributed by atoms with van der Waals surface area (Å²) in [5, 5.41) is 7.80. The van der Waals surface area contributed by atoms with E-state index in [4.69, 9.17) is 0 Å². The molecule has 5 nitrogen and oxygen atoms in total. The second kappa shape index (κ2) is 8.70. The minimum Gasteiger partial charge on any atom is -0.351 e. The first kappa shape index (κ1) is 18.9. The number of nitrogens with zero attached hydrogens (tertiary/aromatic N) is 1. The Morgan fingerprint density at radius 2 is 2.11 bits per heavy atom. The molecular formula is C19H16FN3O2S2. The molecule has 0 atom stereocenters. The Kier molecular flexibility index (Phi) is 6.10. The maximum atomic E-state index is 13.1. The molecule has 2 aromatic heterocycles. The van der Waals surface area contributed by atoms with Gasteiger partial charge in [0.05, 0.1) is 17.1 Å². The molecule has 3 rings (SSSR count). The van der Waals surface area contributed by atoms with Crippen LogP contribution in [0.2, 0.25) is 0 Å². The number of anilines is 1. The van der Waals surface area contributed by atoms with E-state index in [0.717, 1.165) is 15.4 Å². The zero-order valence-electron chi connectivity index (χ0n) is 14.4. The van der Waals surface area contributed by atoms with Crippen LogP contribution in [0.25, 0.3) is 16.6 Å². The topological polar surface area (TPSA) is 71.1 Å². The molecule has 0 spiro atoms. The molecule has 8 heteroatoms. The number of hydrogen-bond acceptors (Lipinski definition) is 5. The summed E-state index contributed by atoms with van der Waals surface area (Å²) in [6.07, 6.45) is 2.88. The molecule has 2 N–H and O–H groups in total. The van der Waals surface area contributed by atoms with Gasteiger partial charge in [-0.3, -0.25) is 14.9 Å². The summed E-state index contributed by atoms with van der Waals surface area (Å²) in [7, 11) is 0. The Morgan fingerprint density at radius 3 is 2.89 bits per heavy atom. The highest BCUT2D eigenvalue weighted by Gasteiger charge is 2.09. The van der Waals surface area contributed by atoms with Gasteiger partial charge in [-0.05, 0) is 35.9 Å². The molecule has 0 fully saturated rings. The van der Waals surface area contributed by atoms with Crippen LogP contribution >= 0.6 is 22.7 Å². The fourth-order valence-electron chi connectivity index (χ4n) is 2.20. The lowest BCUT2D eigenvalue weighted by molar-refractivity contribution is -0.119. The Balaban J connectivity index is 1.60. The van der Waals surface area contributed by atoms with Crippen LogP contribution in [0.5, 0.6) is 0 Å². The summed E-state index contributed by atoms with van der Waals surface area (Å²) in [6, 6.07) is 9.87. The van der Waals surface area contributed by atoms with Gasteiger partial charge in [0.25, 0.3) is 0 Å². The van der Waals surface area contributed by atoms with Crippen LogP contribution in [0.4, 0.5) is 9.52 Å². The molecule has 0 unspecified atom stereocenters. The van der Waals surface area contributed by atoms with Gasteiger partial charge in [-0.1, -0.05) is 12.1 Å². The number of benzene rings is 1. The average molecular weight is 401 g/mol. The van der Waals surface area contributed by atoms with Gasteiger partial charge in [0.2, 0.25) is 11.8 Å². The Hall–Kier alpha value is -2.84. The minimum absolute atomic E-state index is 0.0742.